The van der Waals surface area contributed by atoms with Crippen molar-refractivity contribution in [3.63, 3.8) is 0 Å². The number of benzene rings is 1. The van der Waals surface area contributed by atoms with Crippen LogP contribution in [0.15, 0.2) is 48.8 Å². The summed E-state index contributed by atoms with van der Waals surface area (Å²) in [5, 5.41) is 6.59. The number of hydrogen-bond acceptors (Lipinski definition) is 3. The first kappa shape index (κ1) is 20.4. The van der Waals surface area contributed by atoms with Crippen molar-refractivity contribution >= 4 is 17.5 Å². The molecule has 2 amide bonds. The zero-order chi connectivity index (χ0) is 22.8. The number of fused-ring (bicyclic) bond motifs is 1. The molecule has 4 bridgehead atoms. The first-order valence-corrected chi connectivity index (χ1v) is 11.7. The molecule has 0 spiro atoms. The van der Waals surface area contributed by atoms with Crippen molar-refractivity contribution in [2.45, 2.75) is 56.5 Å². The summed E-state index contributed by atoms with van der Waals surface area (Å²) < 4.78 is 15.5. The van der Waals surface area contributed by atoms with Gasteiger partial charge in [0.15, 0.2) is 0 Å². The van der Waals surface area contributed by atoms with Gasteiger partial charge in [0.2, 0.25) is 0 Å². The van der Waals surface area contributed by atoms with Crippen molar-refractivity contribution in [2.75, 3.05) is 0 Å². The Hall–Kier alpha value is -3.22. The maximum Gasteiger partial charge on any atom is 0.271 e. The first-order chi connectivity index (χ1) is 15.8. The number of carbonyl (C=O) groups is 2. The molecule has 170 valence electrons. The van der Waals surface area contributed by atoms with Gasteiger partial charge in [-0.15, -0.1) is 0 Å². The van der Waals surface area contributed by atoms with E-state index in [2.05, 4.69) is 15.6 Å². The van der Waals surface area contributed by atoms with Crippen molar-refractivity contribution in [1.29, 1.82) is 0 Å². The summed E-state index contributed by atoms with van der Waals surface area (Å²) >= 11 is 0. The van der Waals surface area contributed by atoms with Crippen LogP contribution in [0.25, 0.3) is 5.65 Å². The Morgan fingerprint density at radius 2 is 1.70 bits per heavy atom. The summed E-state index contributed by atoms with van der Waals surface area (Å²) in [6.07, 6.45) is 9.26. The fourth-order valence-electron chi connectivity index (χ4n) is 7.02. The van der Waals surface area contributed by atoms with Gasteiger partial charge in [0, 0.05) is 29.0 Å². The van der Waals surface area contributed by atoms with Gasteiger partial charge in [0.05, 0.1) is 0 Å². The molecule has 2 atom stereocenters. The normalized spacial score (nSPS) is 29.9. The van der Waals surface area contributed by atoms with E-state index in [0.717, 1.165) is 43.3 Å². The summed E-state index contributed by atoms with van der Waals surface area (Å²) in [5.41, 5.74) is 1.89. The van der Waals surface area contributed by atoms with Gasteiger partial charge in [-0.25, -0.2) is 9.37 Å². The van der Waals surface area contributed by atoms with Crippen LogP contribution in [0.4, 0.5) is 4.39 Å². The molecule has 4 aliphatic rings. The molecular weight excluding hydrogens is 419 g/mol. The highest BCUT2D eigenvalue weighted by molar-refractivity contribution is 5.95. The van der Waals surface area contributed by atoms with Crippen LogP contribution in [0, 0.1) is 24.6 Å². The van der Waals surface area contributed by atoms with Gasteiger partial charge in [-0.3, -0.25) is 9.59 Å². The van der Waals surface area contributed by atoms with Crippen LogP contribution >= 0.6 is 0 Å². The molecule has 3 aromatic rings. The lowest BCUT2D eigenvalue weighted by molar-refractivity contribution is -0.0448. The molecule has 0 aliphatic heterocycles. The number of nitrogens with one attached hydrogen (secondary N) is 2. The van der Waals surface area contributed by atoms with E-state index in [0.29, 0.717) is 29.5 Å². The second-order valence-corrected chi connectivity index (χ2v) is 10.5. The van der Waals surface area contributed by atoms with Crippen molar-refractivity contribution in [3.8, 4) is 0 Å². The maximum absolute atomic E-state index is 13.7. The average Bonchev–Trinajstić information content (AvgIpc) is 3.15. The predicted octanol–water partition coefficient (Wildman–Crippen LogP) is 4.03. The monoisotopic (exact) mass is 446 g/mol. The number of hydrogen-bond donors (Lipinski definition) is 2. The topological polar surface area (TPSA) is 75.5 Å². The summed E-state index contributed by atoms with van der Waals surface area (Å²) in [5.74, 6) is 0.101. The zero-order valence-corrected chi connectivity index (χ0v) is 18.6. The van der Waals surface area contributed by atoms with Crippen LogP contribution in [-0.4, -0.2) is 32.3 Å². The van der Waals surface area contributed by atoms with Crippen LogP contribution in [0.2, 0.25) is 0 Å². The minimum atomic E-state index is -0.417. The largest absolute Gasteiger partial charge is 0.346 e. The van der Waals surface area contributed by atoms with Crippen LogP contribution in [0.5, 0.6) is 0 Å². The average molecular weight is 447 g/mol. The lowest BCUT2D eigenvalue weighted by atomic mass is 9.49. The number of halogens is 1. The molecule has 6 nitrogen and oxygen atoms in total. The van der Waals surface area contributed by atoms with Gasteiger partial charge in [-0.2, -0.15) is 0 Å². The maximum atomic E-state index is 13.7. The SMILES string of the molecule is Cc1ccc2nc(C(=O)NC34CC5CC(CC(NC(=O)c6cccc(F)c6)(C5)C3)C4)cn2c1. The highest BCUT2D eigenvalue weighted by atomic mass is 19.1. The number of aryl methyl sites for hydroxylation is 1. The second kappa shape index (κ2) is 7.14. The Bertz CT molecular complexity index is 1270. The van der Waals surface area contributed by atoms with E-state index in [1.54, 1.807) is 18.3 Å². The number of amides is 2. The Labute approximate surface area is 191 Å². The molecule has 2 heterocycles. The van der Waals surface area contributed by atoms with Gasteiger partial charge < -0.3 is 15.0 Å². The Balaban J connectivity index is 1.25. The van der Waals surface area contributed by atoms with Gasteiger partial charge in [-0.05, 0) is 87.1 Å². The Morgan fingerprint density at radius 3 is 2.39 bits per heavy atom. The standard InChI is InChI=1S/C26H27FN4O2/c1-16-5-6-22-28-21(14-31(22)13-16)24(33)30-26-11-17-7-18(12-26)10-25(9-17,15-26)29-23(32)19-3-2-4-20(27)8-19/h2-6,8,13-14,17-18H,7,9-12,15H2,1H3,(H,29,32)(H,30,33). The molecule has 0 radical (unpaired) electrons. The molecule has 2 aromatic heterocycles. The van der Waals surface area contributed by atoms with E-state index in [1.165, 1.54) is 12.1 Å². The minimum Gasteiger partial charge on any atom is -0.346 e. The van der Waals surface area contributed by atoms with Crippen molar-refractivity contribution in [2.24, 2.45) is 11.8 Å². The second-order valence-electron chi connectivity index (χ2n) is 10.5. The number of nitrogens with zero attached hydrogens (tertiary/aromatic N) is 2. The van der Waals surface area contributed by atoms with Gasteiger partial charge in [-0.1, -0.05) is 12.1 Å². The smallest absolute Gasteiger partial charge is 0.271 e. The Morgan fingerprint density at radius 1 is 1.00 bits per heavy atom. The van der Waals surface area contributed by atoms with Crippen LogP contribution < -0.4 is 10.6 Å². The Kier molecular flexibility index (Phi) is 4.41. The zero-order valence-electron chi connectivity index (χ0n) is 18.6. The molecule has 4 fully saturated rings. The fourth-order valence-corrected chi connectivity index (χ4v) is 7.02. The van der Waals surface area contributed by atoms with E-state index in [9.17, 15) is 14.0 Å². The molecule has 2 N–H and O–H groups in total. The number of carbonyl (C=O) groups excluding carboxylic acids is 2. The number of rotatable bonds is 4. The molecular formula is C26H27FN4O2. The van der Waals surface area contributed by atoms with Gasteiger partial charge in [0.1, 0.15) is 17.2 Å². The fraction of sp³-hybridized carbons (Fsp3) is 0.423. The van der Waals surface area contributed by atoms with Gasteiger partial charge in [0.25, 0.3) is 11.8 Å². The first-order valence-electron chi connectivity index (χ1n) is 11.7. The molecule has 7 heteroatoms. The predicted molar refractivity (Wildman–Crippen MR) is 121 cm³/mol. The molecule has 1 aromatic carbocycles. The van der Waals surface area contributed by atoms with Crippen LogP contribution in [0.1, 0.15) is 64.9 Å². The highest BCUT2D eigenvalue weighted by Crippen LogP contribution is 2.57. The molecule has 2 unspecified atom stereocenters. The van der Waals surface area contributed by atoms with Crippen LogP contribution in [0.3, 0.4) is 0 Å². The van der Waals surface area contributed by atoms with Gasteiger partial charge >= 0.3 is 0 Å². The van der Waals surface area contributed by atoms with E-state index in [4.69, 9.17) is 0 Å². The third-order valence-electron chi connectivity index (χ3n) is 7.74. The third kappa shape index (κ3) is 3.59. The quantitative estimate of drug-likeness (QED) is 0.635. The summed E-state index contributed by atoms with van der Waals surface area (Å²) in [6, 6.07) is 9.71. The highest BCUT2D eigenvalue weighted by Gasteiger charge is 2.58. The van der Waals surface area contributed by atoms with Crippen LogP contribution in [-0.2, 0) is 0 Å². The van der Waals surface area contributed by atoms with E-state index in [-0.39, 0.29) is 22.9 Å². The number of aromatic nitrogens is 2. The summed E-state index contributed by atoms with van der Waals surface area (Å²) in [7, 11) is 0. The van der Waals surface area contributed by atoms with Crippen molar-refractivity contribution in [3.05, 3.63) is 71.4 Å². The summed E-state index contributed by atoms with van der Waals surface area (Å²) in [4.78, 5) is 30.7. The van der Waals surface area contributed by atoms with Crippen molar-refractivity contribution < 1.29 is 14.0 Å². The summed E-state index contributed by atoms with van der Waals surface area (Å²) in [6.45, 7) is 2.01. The van der Waals surface area contributed by atoms with E-state index < -0.39 is 5.82 Å². The number of pyridine rings is 1. The van der Waals surface area contributed by atoms with E-state index in [1.807, 2.05) is 29.7 Å². The minimum absolute atomic E-state index is 0.162. The lowest BCUT2D eigenvalue weighted by Crippen LogP contribution is -2.69. The molecule has 7 rings (SSSR count). The third-order valence-corrected chi connectivity index (χ3v) is 7.74. The molecule has 33 heavy (non-hydrogen) atoms. The number of imidazole rings is 1. The van der Waals surface area contributed by atoms with Crippen molar-refractivity contribution in [1.82, 2.24) is 20.0 Å². The molecule has 0 saturated heterocycles. The molecule has 4 aliphatic carbocycles. The lowest BCUT2D eigenvalue weighted by Gasteiger charge is -2.62. The van der Waals surface area contributed by atoms with E-state index >= 15 is 0 Å². The molecule has 4 saturated carbocycles.